The number of hydrogen-bond donors (Lipinski definition) is 3. The Balaban J connectivity index is 0.00000312. The monoisotopic (exact) mass is 468 g/mol. The van der Waals surface area contributed by atoms with Gasteiger partial charge in [0.1, 0.15) is 0 Å². The molecule has 2 aliphatic heterocycles. The maximum absolute atomic E-state index is 12.1. The number of likely N-dealkylation sites (tertiary alicyclic amines) is 1. The van der Waals surface area contributed by atoms with Crippen LogP contribution in [0.3, 0.4) is 0 Å². The van der Waals surface area contributed by atoms with E-state index in [2.05, 4.69) is 15.6 Å². The van der Waals surface area contributed by atoms with E-state index in [4.69, 9.17) is 4.74 Å². The molecule has 2 saturated heterocycles. The Hall–Kier alpha value is -0.610. The van der Waals surface area contributed by atoms with Crippen molar-refractivity contribution in [2.24, 2.45) is 10.9 Å². The number of halogens is 1. The molecule has 1 amide bonds. The van der Waals surface area contributed by atoms with Crippen molar-refractivity contribution in [1.29, 1.82) is 0 Å². The minimum atomic E-state index is -0.768. The molecule has 7 nitrogen and oxygen atoms in total. The number of amides is 1. The largest absolute Gasteiger partial charge is 0.388 e. The summed E-state index contributed by atoms with van der Waals surface area (Å²) < 4.78 is 5.30. The Bertz CT molecular complexity index is 453. The number of nitrogens with one attached hydrogen (secondary N) is 2. The van der Waals surface area contributed by atoms with Gasteiger partial charge in [0.15, 0.2) is 5.96 Å². The average Bonchev–Trinajstić information content (AvgIpc) is 3.01. The van der Waals surface area contributed by atoms with Gasteiger partial charge in [-0.05, 0) is 13.3 Å². The summed E-state index contributed by atoms with van der Waals surface area (Å²) in [4.78, 5) is 18.6. The quantitative estimate of drug-likeness (QED) is 0.318. The first-order chi connectivity index (χ1) is 11.4. The van der Waals surface area contributed by atoms with Crippen molar-refractivity contribution in [1.82, 2.24) is 15.5 Å². The van der Waals surface area contributed by atoms with E-state index in [1.165, 1.54) is 0 Å². The molecule has 2 heterocycles. The predicted octanol–water partition coefficient (Wildman–Crippen LogP) is 0.958. The zero-order valence-electron chi connectivity index (χ0n) is 15.6. The topological polar surface area (TPSA) is 86.2 Å². The van der Waals surface area contributed by atoms with E-state index in [0.29, 0.717) is 45.1 Å². The molecule has 0 aromatic carbocycles. The van der Waals surface area contributed by atoms with Crippen LogP contribution in [0.25, 0.3) is 0 Å². The second kappa shape index (κ2) is 10.5. The number of carbonyl (C=O) groups is 1. The third-order valence-corrected chi connectivity index (χ3v) is 4.63. The highest BCUT2D eigenvalue weighted by molar-refractivity contribution is 14.0. The second-order valence-corrected chi connectivity index (χ2v) is 7.10. The van der Waals surface area contributed by atoms with E-state index in [1.54, 1.807) is 0 Å². The summed E-state index contributed by atoms with van der Waals surface area (Å²) in [6.45, 7) is 9.68. The van der Waals surface area contributed by atoms with Gasteiger partial charge in [-0.1, -0.05) is 13.8 Å². The summed E-state index contributed by atoms with van der Waals surface area (Å²) in [5.74, 6) is 0.951. The molecular weight excluding hydrogens is 435 g/mol. The van der Waals surface area contributed by atoms with Gasteiger partial charge in [0.25, 0.3) is 0 Å². The maximum Gasteiger partial charge on any atom is 0.225 e. The van der Waals surface area contributed by atoms with Crippen LogP contribution in [-0.2, 0) is 9.53 Å². The average molecular weight is 468 g/mol. The summed E-state index contributed by atoms with van der Waals surface area (Å²) in [7, 11) is 0. The summed E-state index contributed by atoms with van der Waals surface area (Å²) >= 11 is 0. The van der Waals surface area contributed by atoms with Gasteiger partial charge in [-0.25, -0.2) is 0 Å². The first-order valence-electron chi connectivity index (χ1n) is 9.07. The first-order valence-corrected chi connectivity index (χ1v) is 9.07. The Morgan fingerprint density at radius 2 is 2.08 bits per heavy atom. The summed E-state index contributed by atoms with van der Waals surface area (Å²) in [5, 5.41) is 17.2. The molecule has 1 unspecified atom stereocenters. The number of hydrogen-bond acceptors (Lipinski definition) is 4. The van der Waals surface area contributed by atoms with Gasteiger partial charge in [-0.15, -0.1) is 24.0 Å². The predicted molar refractivity (Wildman–Crippen MR) is 109 cm³/mol. The number of ether oxygens (including phenoxy) is 1. The highest BCUT2D eigenvalue weighted by Gasteiger charge is 2.31. The molecule has 0 bridgehead atoms. The molecule has 146 valence electrons. The van der Waals surface area contributed by atoms with Gasteiger partial charge < -0.3 is 25.4 Å². The molecule has 2 fully saturated rings. The SMILES string of the molecule is CCNC(=NCC1(O)CCOCC1)NC1CCN(C(=O)C(C)C)C1.I. The Labute approximate surface area is 168 Å². The van der Waals surface area contributed by atoms with Crippen LogP contribution in [0, 0.1) is 5.92 Å². The Kier molecular flexibility index (Phi) is 9.44. The van der Waals surface area contributed by atoms with E-state index in [0.717, 1.165) is 19.5 Å². The molecule has 3 N–H and O–H groups in total. The van der Waals surface area contributed by atoms with Gasteiger partial charge in [-0.2, -0.15) is 0 Å². The molecular formula is C17H33IN4O3. The van der Waals surface area contributed by atoms with Gasteiger partial charge in [-0.3, -0.25) is 9.79 Å². The highest BCUT2D eigenvalue weighted by atomic mass is 127. The maximum atomic E-state index is 12.1. The fourth-order valence-electron chi connectivity index (χ4n) is 3.09. The number of nitrogens with zero attached hydrogens (tertiary/aromatic N) is 2. The van der Waals surface area contributed by atoms with Crippen LogP contribution in [0.4, 0.5) is 0 Å². The minimum absolute atomic E-state index is 0. The number of aliphatic imine (C=N–C) groups is 1. The normalized spacial score (nSPS) is 23.3. The lowest BCUT2D eigenvalue weighted by molar-refractivity contribution is -0.133. The van der Waals surface area contributed by atoms with Crippen molar-refractivity contribution < 1.29 is 14.6 Å². The second-order valence-electron chi connectivity index (χ2n) is 7.10. The summed E-state index contributed by atoms with van der Waals surface area (Å²) in [6, 6.07) is 0.204. The van der Waals surface area contributed by atoms with Crippen LogP contribution >= 0.6 is 24.0 Å². The summed E-state index contributed by atoms with van der Waals surface area (Å²) in [5.41, 5.74) is -0.768. The molecule has 25 heavy (non-hydrogen) atoms. The van der Waals surface area contributed by atoms with Crippen LogP contribution in [0.5, 0.6) is 0 Å². The number of aliphatic hydroxyl groups is 1. The zero-order valence-corrected chi connectivity index (χ0v) is 17.9. The van der Waals surface area contributed by atoms with E-state index < -0.39 is 5.60 Å². The molecule has 1 atom stereocenters. The van der Waals surface area contributed by atoms with Crippen molar-refractivity contribution in [3.05, 3.63) is 0 Å². The van der Waals surface area contributed by atoms with Gasteiger partial charge in [0.05, 0.1) is 12.1 Å². The molecule has 8 heteroatoms. The smallest absolute Gasteiger partial charge is 0.225 e. The van der Waals surface area contributed by atoms with Gasteiger partial charge in [0.2, 0.25) is 5.91 Å². The van der Waals surface area contributed by atoms with Crippen molar-refractivity contribution >= 4 is 35.8 Å². The van der Waals surface area contributed by atoms with Crippen molar-refractivity contribution in [2.45, 2.75) is 51.7 Å². The molecule has 2 rings (SSSR count). The standard InChI is InChI=1S/C17H32N4O3.HI/c1-4-18-16(19-12-17(23)6-9-24-10-7-17)20-14-5-8-21(11-14)15(22)13(2)3;/h13-14,23H,4-12H2,1-3H3,(H2,18,19,20);1H. The molecule has 2 aliphatic rings. The Morgan fingerprint density at radius 1 is 1.40 bits per heavy atom. The van der Waals surface area contributed by atoms with E-state index in [9.17, 15) is 9.90 Å². The molecule has 0 aromatic heterocycles. The third kappa shape index (κ3) is 6.90. The van der Waals surface area contributed by atoms with E-state index in [-0.39, 0.29) is 41.8 Å². The fraction of sp³-hybridized carbons (Fsp3) is 0.882. The number of rotatable bonds is 5. The molecule has 0 aromatic rings. The number of carbonyl (C=O) groups excluding carboxylic acids is 1. The van der Waals surface area contributed by atoms with Crippen LogP contribution in [-0.4, -0.2) is 72.9 Å². The van der Waals surface area contributed by atoms with Gasteiger partial charge >= 0.3 is 0 Å². The van der Waals surface area contributed by atoms with E-state index >= 15 is 0 Å². The van der Waals surface area contributed by atoms with Crippen molar-refractivity contribution in [2.75, 3.05) is 39.4 Å². The van der Waals surface area contributed by atoms with Crippen LogP contribution in [0.2, 0.25) is 0 Å². The molecule has 0 saturated carbocycles. The van der Waals surface area contributed by atoms with Crippen molar-refractivity contribution in [3.8, 4) is 0 Å². The lowest BCUT2D eigenvalue weighted by Crippen LogP contribution is -2.47. The van der Waals surface area contributed by atoms with Gasteiger partial charge in [0, 0.05) is 57.6 Å². The minimum Gasteiger partial charge on any atom is -0.388 e. The first kappa shape index (κ1) is 22.4. The fourth-order valence-corrected chi connectivity index (χ4v) is 3.09. The van der Waals surface area contributed by atoms with Crippen LogP contribution in [0.1, 0.15) is 40.0 Å². The molecule has 0 radical (unpaired) electrons. The third-order valence-electron chi connectivity index (χ3n) is 4.63. The molecule has 0 aliphatic carbocycles. The Morgan fingerprint density at radius 3 is 2.68 bits per heavy atom. The van der Waals surface area contributed by atoms with E-state index in [1.807, 2.05) is 25.7 Å². The lowest BCUT2D eigenvalue weighted by atomic mass is 9.95. The van der Waals surface area contributed by atoms with Crippen LogP contribution in [0.15, 0.2) is 4.99 Å². The lowest BCUT2D eigenvalue weighted by Gasteiger charge is -2.30. The van der Waals surface area contributed by atoms with Crippen LogP contribution < -0.4 is 10.6 Å². The molecule has 0 spiro atoms. The highest BCUT2D eigenvalue weighted by Crippen LogP contribution is 2.20. The summed E-state index contributed by atoms with van der Waals surface area (Å²) in [6.07, 6.45) is 2.16. The number of guanidine groups is 1. The van der Waals surface area contributed by atoms with Crippen molar-refractivity contribution in [3.63, 3.8) is 0 Å². The zero-order chi connectivity index (χ0) is 17.6.